The van der Waals surface area contributed by atoms with E-state index >= 15 is 0 Å². The molecule has 1 aliphatic heterocycles. The maximum absolute atomic E-state index is 13.6. The topological polar surface area (TPSA) is 85.7 Å². The van der Waals surface area contributed by atoms with E-state index in [1.165, 1.54) is 0 Å². The number of hydrogen-bond donors (Lipinski definition) is 1. The van der Waals surface area contributed by atoms with Crippen LogP contribution in [0.25, 0.3) is 22.2 Å². The molecule has 5 rings (SSSR count). The highest BCUT2D eigenvalue weighted by Gasteiger charge is 2.26. The van der Waals surface area contributed by atoms with Gasteiger partial charge in [0, 0.05) is 36.3 Å². The van der Waals surface area contributed by atoms with Gasteiger partial charge in [-0.1, -0.05) is 35.0 Å². The second-order valence-electron chi connectivity index (χ2n) is 7.51. The lowest BCUT2D eigenvalue weighted by Gasteiger charge is -2.22. The SMILES string of the molecule is O=C(c1ccccc1Cl)c1c(-c2ccc3[nH]ncc3c2)nnn1CC1CCOCC1. The fourth-order valence-electron chi connectivity index (χ4n) is 3.90. The number of fused-ring (bicyclic) bond motifs is 1. The van der Waals surface area contributed by atoms with Crippen LogP contribution in [0.4, 0.5) is 0 Å². The Bertz CT molecular complexity index is 1210. The van der Waals surface area contributed by atoms with Gasteiger partial charge < -0.3 is 4.74 Å². The summed E-state index contributed by atoms with van der Waals surface area (Å²) in [6, 6.07) is 12.9. The highest BCUT2D eigenvalue weighted by atomic mass is 35.5. The normalized spacial score (nSPS) is 15.0. The minimum absolute atomic E-state index is 0.181. The summed E-state index contributed by atoms with van der Waals surface area (Å²) in [6.45, 7) is 2.09. The van der Waals surface area contributed by atoms with E-state index in [0.29, 0.717) is 34.4 Å². The van der Waals surface area contributed by atoms with Gasteiger partial charge in [0.15, 0.2) is 0 Å². The van der Waals surface area contributed by atoms with E-state index in [0.717, 1.165) is 42.5 Å². The predicted molar refractivity (Wildman–Crippen MR) is 114 cm³/mol. The Morgan fingerprint density at radius 3 is 2.87 bits per heavy atom. The largest absolute Gasteiger partial charge is 0.381 e. The fraction of sp³-hybridized carbons (Fsp3) is 0.273. The third kappa shape index (κ3) is 3.51. The number of halogens is 1. The number of nitrogens with zero attached hydrogens (tertiary/aromatic N) is 4. The molecule has 0 unspecified atom stereocenters. The number of aromatic amines is 1. The minimum atomic E-state index is -0.181. The Labute approximate surface area is 178 Å². The van der Waals surface area contributed by atoms with Crippen molar-refractivity contribution in [1.29, 1.82) is 0 Å². The van der Waals surface area contributed by atoms with Crippen LogP contribution in [-0.4, -0.2) is 44.2 Å². The van der Waals surface area contributed by atoms with Gasteiger partial charge in [0.1, 0.15) is 11.4 Å². The molecule has 8 heteroatoms. The summed E-state index contributed by atoms with van der Waals surface area (Å²) >= 11 is 6.34. The summed E-state index contributed by atoms with van der Waals surface area (Å²) < 4.78 is 7.20. The minimum Gasteiger partial charge on any atom is -0.381 e. The van der Waals surface area contributed by atoms with Crippen molar-refractivity contribution in [3.05, 3.63) is 64.9 Å². The van der Waals surface area contributed by atoms with Gasteiger partial charge in [0.25, 0.3) is 0 Å². The van der Waals surface area contributed by atoms with E-state index in [1.807, 2.05) is 30.3 Å². The summed E-state index contributed by atoms with van der Waals surface area (Å²) in [4.78, 5) is 13.6. The number of carbonyl (C=O) groups excluding carboxylic acids is 1. The zero-order valence-electron chi connectivity index (χ0n) is 16.2. The van der Waals surface area contributed by atoms with Gasteiger partial charge in [-0.3, -0.25) is 9.89 Å². The van der Waals surface area contributed by atoms with Gasteiger partial charge in [0.05, 0.1) is 16.7 Å². The van der Waals surface area contributed by atoms with Crippen LogP contribution in [0.3, 0.4) is 0 Å². The van der Waals surface area contributed by atoms with Crippen LogP contribution in [0.1, 0.15) is 28.9 Å². The molecule has 0 radical (unpaired) electrons. The average Bonchev–Trinajstić information content (AvgIpc) is 3.40. The van der Waals surface area contributed by atoms with Crippen LogP contribution in [0.15, 0.2) is 48.7 Å². The molecule has 0 saturated carbocycles. The first kappa shape index (κ1) is 19.0. The molecule has 1 fully saturated rings. The Morgan fingerprint density at radius 2 is 2.03 bits per heavy atom. The van der Waals surface area contributed by atoms with Crippen LogP contribution in [0.5, 0.6) is 0 Å². The van der Waals surface area contributed by atoms with Crippen LogP contribution in [0, 0.1) is 5.92 Å². The monoisotopic (exact) mass is 421 g/mol. The lowest BCUT2D eigenvalue weighted by atomic mass is 9.99. The van der Waals surface area contributed by atoms with Gasteiger partial charge in [0.2, 0.25) is 5.78 Å². The summed E-state index contributed by atoms with van der Waals surface area (Å²) in [5.74, 6) is 0.211. The van der Waals surface area contributed by atoms with E-state index in [9.17, 15) is 4.79 Å². The first-order valence-electron chi connectivity index (χ1n) is 9.94. The van der Waals surface area contributed by atoms with Gasteiger partial charge in [-0.2, -0.15) is 5.10 Å². The first-order chi connectivity index (χ1) is 14.7. The molecule has 0 aliphatic carbocycles. The summed E-state index contributed by atoms with van der Waals surface area (Å²) in [5.41, 5.74) is 3.19. The number of nitrogens with one attached hydrogen (secondary N) is 1. The lowest BCUT2D eigenvalue weighted by Crippen LogP contribution is -2.23. The first-order valence-corrected chi connectivity index (χ1v) is 10.3. The summed E-state index contributed by atoms with van der Waals surface area (Å²) in [7, 11) is 0. The summed E-state index contributed by atoms with van der Waals surface area (Å²) in [5, 5.41) is 17.2. The van der Waals surface area contributed by atoms with E-state index in [4.69, 9.17) is 16.3 Å². The number of carbonyl (C=O) groups is 1. The number of ketones is 1. The number of rotatable bonds is 5. The van der Waals surface area contributed by atoms with Gasteiger partial charge in [-0.25, -0.2) is 4.68 Å². The molecule has 1 N–H and O–H groups in total. The molecule has 0 amide bonds. The van der Waals surface area contributed by atoms with Gasteiger partial charge in [-0.15, -0.1) is 5.10 Å². The smallest absolute Gasteiger partial charge is 0.214 e. The zero-order chi connectivity index (χ0) is 20.5. The molecule has 0 bridgehead atoms. The van der Waals surface area contributed by atoms with E-state index in [-0.39, 0.29) is 5.78 Å². The Hall–Kier alpha value is -3.03. The standard InChI is InChI=1S/C22H20ClN5O2/c23-18-4-2-1-3-17(18)22(29)21-20(15-5-6-19-16(11-15)12-24-25-19)26-27-28(21)13-14-7-9-30-10-8-14/h1-6,11-12,14H,7-10,13H2,(H,24,25). The van der Waals surface area contributed by atoms with Crippen LogP contribution in [-0.2, 0) is 11.3 Å². The molecule has 1 saturated heterocycles. The maximum Gasteiger partial charge on any atom is 0.214 e. The van der Waals surface area contributed by atoms with Crippen molar-refractivity contribution >= 4 is 28.3 Å². The quantitative estimate of drug-likeness (QED) is 0.489. The Kier molecular flexibility index (Phi) is 5.06. The van der Waals surface area contributed by atoms with Crippen LogP contribution < -0.4 is 0 Å². The molecule has 1 aliphatic rings. The van der Waals surface area contributed by atoms with Crippen molar-refractivity contribution in [1.82, 2.24) is 25.2 Å². The molecular formula is C22H20ClN5O2. The van der Waals surface area contributed by atoms with Crippen molar-refractivity contribution in [2.45, 2.75) is 19.4 Å². The second kappa shape index (κ2) is 8.01. The van der Waals surface area contributed by atoms with E-state index < -0.39 is 0 Å². The molecular weight excluding hydrogens is 402 g/mol. The van der Waals surface area contributed by atoms with Crippen molar-refractivity contribution in [3.63, 3.8) is 0 Å². The highest BCUT2D eigenvalue weighted by Crippen LogP contribution is 2.29. The lowest BCUT2D eigenvalue weighted by molar-refractivity contribution is 0.0596. The molecule has 152 valence electrons. The van der Waals surface area contributed by atoms with Crippen molar-refractivity contribution in [3.8, 4) is 11.3 Å². The number of H-pyrrole nitrogens is 1. The second-order valence-corrected chi connectivity index (χ2v) is 7.91. The van der Waals surface area contributed by atoms with Gasteiger partial charge in [-0.05, 0) is 43.0 Å². The molecule has 2 aromatic heterocycles. The number of ether oxygens (including phenoxy) is 1. The molecule has 3 heterocycles. The third-order valence-corrected chi connectivity index (χ3v) is 5.88. The van der Waals surface area contributed by atoms with Crippen molar-refractivity contribution < 1.29 is 9.53 Å². The van der Waals surface area contributed by atoms with Crippen molar-refractivity contribution in [2.75, 3.05) is 13.2 Å². The fourth-order valence-corrected chi connectivity index (χ4v) is 4.12. The molecule has 0 spiro atoms. The van der Waals surface area contributed by atoms with Crippen LogP contribution in [0.2, 0.25) is 5.02 Å². The molecule has 4 aromatic rings. The number of aromatic nitrogens is 5. The molecule has 7 nitrogen and oxygen atoms in total. The molecule has 30 heavy (non-hydrogen) atoms. The predicted octanol–water partition coefficient (Wildman–Crippen LogP) is 4.13. The Balaban J connectivity index is 1.61. The van der Waals surface area contributed by atoms with Crippen molar-refractivity contribution in [2.24, 2.45) is 5.92 Å². The highest BCUT2D eigenvalue weighted by molar-refractivity contribution is 6.35. The van der Waals surface area contributed by atoms with E-state index in [2.05, 4.69) is 20.5 Å². The van der Waals surface area contributed by atoms with Gasteiger partial charge >= 0.3 is 0 Å². The maximum atomic E-state index is 13.6. The summed E-state index contributed by atoms with van der Waals surface area (Å²) in [6.07, 6.45) is 3.63. The van der Waals surface area contributed by atoms with E-state index in [1.54, 1.807) is 23.0 Å². The number of hydrogen-bond acceptors (Lipinski definition) is 5. The Morgan fingerprint density at radius 1 is 1.20 bits per heavy atom. The van der Waals surface area contributed by atoms with Crippen LogP contribution >= 0.6 is 11.6 Å². The molecule has 2 aromatic carbocycles. The zero-order valence-corrected chi connectivity index (χ0v) is 17.0. The third-order valence-electron chi connectivity index (χ3n) is 5.55. The average molecular weight is 422 g/mol. The number of benzene rings is 2. The molecule has 0 atom stereocenters.